The first-order chi connectivity index (χ1) is 8.09. The number of rotatable bonds is 3. The average molecular weight is 252 g/mol. The molecule has 2 N–H and O–H groups in total. The van der Waals surface area contributed by atoms with E-state index in [0.717, 1.165) is 11.8 Å². The van der Waals surface area contributed by atoms with Crippen LogP contribution in [0.5, 0.6) is 0 Å². The molecule has 0 aromatic carbocycles. The lowest BCUT2D eigenvalue weighted by Gasteiger charge is -2.02. The highest BCUT2D eigenvalue weighted by Gasteiger charge is 2.14. The Labute approximate surface area is 99.5 Å². The summed E-state index contributed by atoms with van der Waals surface area (Å²) in [6, 6.07) is 3.24. The van der Waals surface area contributed by atoms with Gasteiger partial charge in [0, 0.05) is 18.1 Å². The van der Waals surface area contributed by atoms with Gasteiger partial charge in [-0.25, -0.2) is 19.7 Å². The smallest absolute Gasteiger partial charge is 0.355 e. The number of aromatic amines is 1. The number of pyridine rings is 1. The maximum atomic E-state index is 11.1. The number of H-pyrrole nitrogens is 1. The Bertz CT molecular complexity index is 619. The topological polar surface area (TPSA) is 101 Å². The van der Waals surface area contributed by atoms with E-state index in [0.29, 0.717) is 10.1 Å². The molecule has 2 rings (SSSR count). The zero-order chi connectivity index (χ0) is 12.4. The van der Waals surface area contributed by atoms with Crippen molar-refractivity contribution in [1.29, 1.82) is 0 Å². The molecule has 0 saturated carbocycles. The molecule has 17 heavy (non-hydrogen) atoms. The van der Waals surface area contributed by atoms with Crippen LogP contribution in [-0.2, 0) is 7.05 Å². The first-order valence-corrected chi connectivity index (χ1v) is 5.39. The highest BCUT2D eigenvalue weighted by Crippen LogP contribution is 2.26. The van der Waals surface area contributed by atoms with Crippen LogP contribution in [-0.4, -0.2) is 30.8 Å². The lowest BCUT2D eigenvalue weighted by molar-refractivity contribution is 0.0686. The molecule has 88 valence electrons. The summed E-state index contributed by atoms with van der Waals surface area (Å²) < 4.78 is 1.29. The summed E-state index contributed by atoms with van der Waals surface area (Å²) in [5, 5.41) is 15.4. The lowest BCUT2D eigenvalue weighted by Crippen LogP contribution is -2.13. The maximum absolute atomic E-state index is 11.1. The summed E-state index contributed by atoms with van der Waals surface area (Å²) in [5.74, 6) is -1.12. The van der Waals surface area contributed by atoms with Crippen molar-refractivity contribution in [1.82, 2.24) is 19.7 Å². The highest BCUT2D eigenvalue weighted by atomic mass is 32.2. The van der Waals surface area contributed by atoms with Crippen LogP contribution in [0.4, 0.5) is 0 Å². The van der Waals surface area contributed by atoms with Crippen molar-refractivity contribution in [2.45, 2.75) is 10.1 Å². The molecule has 0 fully saturated rings. The lowest BCUT2D eigenvalue weighted by atomic mass is 10.3. The van der Waals surface area contributed by atoms with E-state index in [2.05, 4.69) is 15.2 Å². The third-order valence-corrected chi connectivity index (χ3v) is 3.11. The summed E-state index contributed by atoms with van der Waals surface area (Å²) in [7, 11) is 1.55. The molecule has 2 aromatic heterocycles. The zero-order valence-corrected chi connectivity index (χ0v) is 9.56. The Hall–Kier alpha value is -2.09. The van der Waals surface area contributed by atoms with Crippen molar-refractivity contribution >= 4 is 17.7 Å². The standard InChI is InChI=1S/C9H8N4O3S/c1-13-8(16)11-12-9(13)17-5-3-2-4-10-6(5)7(14)15/h2-4H,1H3,(H,11,16)(H,14,15). The van der Waals surface area contributed by atoms with Gasteiger partial charge in [-0.3, -0.25) is 4.57 Å². The van der Waals surface area contributed by atoms with Gasteiger partial charge in [-0.05, 0) is 23.9 Å². The molecular formula is C9H8N4O3S. The van der Waals surface area contributed by atoms with Crippen molar-refractivity contribution < 1.29 is 9.90 Å². The minimum absolute atomic E-state index is 0.0621. The van der Waals surface area contributed by atoms with E-state index in [1.54, 1.807) is 19.2 Å². The van der Waals surface area contributed by atoms with Crippen LogP contribution in [0.1, 0.15) is 10.5 Å². The van der Waals surface area contributed by atoms with Crippen LogP contribution in [0.15, 0.2) is 33.2 Å². The van der Waals surface area contributed by atoms with Gasteiger partial charge in [-0.15, -0.1) is 5.10 Å². The number of nitrogens with one attached hydrogen (secondary N) is 1. The molecule has 0 radical (unpaired) electrons. The molecule has 2 aromatic rings. The maximum Gasteiger partial charge on any atom is 0.355 e. The largest absolute Gasteiger partial charge is 0.476 e. The van der Waals surface area contributed by atoms with Gasteiger partial charge in [0.1, 0.15) is 0 Å². The predicted octanol–water partition coefficient (Wildman–Crippen LogP) is 0.353. The van der Waals surface area contributed by atoms with E-state index in [1.807, 2.05) is 0 Å². The number of nitrogens with zero attached hydrogens (tertiary/aromatic N) is 3. The van der Waals surface area contributed by atoms with E-state index in [4.69, 9.17) is 5.11 Å². The number of aromatic carboxylic acids is 1. The molecule has 0 bridgehead atoms. The van der Waals surface area contributed by atoms with Gasteiger partial charge in [-0.2, -0.15) is 0 Å². The van der Waals surface area contributed by atoms with Crippen molar-refractivity contribution in [2.75, 3.05) is 0 Å². The molecule has 2 heterocycles. The van der Waals surface area contributed by atoms with Crippen molar-refractivity contribution in [3.8, 4) is 0 Å². The van der Waals surface area contributed by atoms with Crippen molar-refractivity contribution in [3.63, 3.8) is 0 Å². The molecule has 0 saturated heterocycles. The Balaban J connectivity index is 2.40. The van der Waals surface area contributed by atoms with E-state index in [9.17, 15) is 9.59 Å². The third-order valence-electron chi connectivity index (χ3n) is 2.01. The third kappa shape index (κ3) is 2.21. The molecule has 0 amide bonds. The normalized spacial score (nSPS) is 10.4. The SMILES string of the molecule is Cn1c(Sc2cccnc2C(=O)O)n[nH]c1=O. The monoisotopic (exact) mass is 252 g/mol. The van der Waals surface area contributed by atoms with Gasteiger partial charge in [0.15, 0.2) is 10.9 Å². The molecule has 0 aliphatic heterocycles. The van der Waals surface area contributed by atoms with Gasteiger partial charge >= 0.3 is 11.7 Å². The molecular weight excluding hydrogens is 244 g/mol. The fraction of sp³-hybridized carbons (Fsp3) is 0.111. The fourth-order valence-corrected chi connectivity index (χ4v) is 2.05. The van der Waals surface area contributed by atoms with Crippen LogP contribution < -0.4 is 5.69 Å². The Morgan fingerprint density at radius 3 is 2.94 bits per heavy atom. The van der Waals surface area contributed by atoms with Crippen LogP contribution in [0.25, 0.3) is 0 Å². The number of carboxylic acids is 1. The summed E-state index contributed by atoms with van der Waals surface area (Å²) in [6.07, 6.45) is 1.40. The summed E-state index contributed by atoms with van der Waals surface area (Å²) in [5.41, 5.74) is -0.416. The second-order valence-electron chi connectivity index (χ2n) is 3.13. The van der Waals surface area contributed by atoms with E-state index < -0.39 is 5.97 Å². The Kier molecular flexibility index (Phi) is 2.96. The van der Waals surface area contributed by atoms with Crippen molar-refractivity contribution in [2.24, 2.45) is 7.05 Å². The number of carboxylic acid groups (broad SMARTS) is 1. The second kappa shape index (κ2) is 4.42. The van der Waals surface area contributed by atoms with Gasteiger partial charge in [-0.1, -0.05) is 0 Å². The van der Waals surface area contributed by atoms with E-state index in [1.165, 1.54) is 10.8 Å². The molecule has 0 unspecified atom stereocenters. The van der Waals surface area contributed by atoms with Crippen LogP contribution in [0.2, 0.25) is 0 Å². The van der Waals surface area contributed by atoms with Crippen LogP contribution >= 0.6 is 11.8 Å². The summed E-state index contributed by atoms with van der Waals surface area (Å²) in [4.78, 5) is 26.3. The van der Waals surface area contributed by atoms with Crippen LogP contribution in [0, 0.1) is 0 Å². The highest BCUT2D eigenvalue weighted by molar-refractivity contribution is 7.99. The van der Waals surface area contributed by atoms with E-state index in [-0.39, 0.29) is 11.4 Å². The van der Waals surface area contributed by atoms with Gasteiger partial charge in [0.25, 0.3) is 0 Å². The van der Waals surface area contributed by atoms with E-state index >= 15 is 0 Å². The first-order valence-electron chi connectivity index (χ1n) is 4.57. The molecule has 0 spiro atoms. The number of carbonyl (C=O) groups is 1. The number of hydrogen-bond acceptors (Lipinski definition) is 5. The molecule has 7 nitrogen and oxygen atoms in total. The van der Waals surface area contributed by atoms with Gasteiger partial charge in [0.05, 0.1) is 0 Å². The average Bonchev–Trinajstić information content (AvgIpc) is 2.61. The van der Waals surface area contributed by atoms with Gasteiger partial charge < -0.3 is 5.11 Å². The molecule has 0 aliphatic rings. The molecule has 0 atom stereocenters. The van der Waals surface area contributed by atoms with Crippen LogP contribution in [0.3, 0.4) is 0 Å². The van der Waals surface area contributed by atoms with Gasteiger partial charge in [0.2, 0.25) is 0 Å². The van der Waals surface area contributed by atoms with Crippen molar-refractivity contribution in [3.05, 3.63) is 34.5 Å². The second-order valence-corrected chi connectivity index (χ2v) is 4.14. The molecule has 0 aliphatic carbocycles. The fourth-order valence-electron chi connectivity index (χ4n) is 1.16. The summed E-state index contributed by atoms with van der Waals surface area (Å²) in [6.45, 7) is 0. The molecule has 8 heteroatoms. The summed E-state index contributed by atoms with van der Waals surface area (Å²) >= 11 is 1.07. The quantitative estimate of drug-likeness (QED) is 0.817. The Morgan fingerprint density at radius 2 is 2.35 bits per heavy atom. The number of hydrogen-bond donors (Lipinski definition) is 2. The zero-order valence-electron chi connectivity index (χ0n) is 8.75. The minimum atomic E-state index is -1.12. The Morgan fingerprint density at radius 1 is 1.59 bits per heavy atom. The first kappa shape index (κ1) is 11.4. The number of aromatic nitrogens is 4. The minimum Gasteiger partial charge on any atom is -0.476 e. The predicted molar refractivity (Wildman–Crippen MR) is 59.1 cm³/mol.